The Morgan fingerprint density at radius 2 is 2.17 bits per heavy atom. The molecule has 0 saturated carbocycles. The molecule has 1 saturated heterocycles. The van der Waals surface area contributed by atoms with E-state index in [9.17, 15) is 4.79 Å². The first kappa shape index (κ1) is 13.3. The van der Waals surface area contributed by atoms with Crippen LogP contribution in [0.15, 0.2) is 0 Å². The highest BCUT2D eigenvalue weighted by Gasteiger charge is 2.32. The molecule has 1 aromatic rings. The number of carbonyl (C=O) groups excluding carboxylic acids is 1. The molecule has 6 heteroatoms. The van der Waals surface area contributed by atoms with Crippen molar-refractivity contribution in [2.75, 3.05) is 24.6 Å². The first-order valence-corrected chi connectivity index (χ1v) is 7.03. The number of anilines is 1. The maximum Gasteiger partial charge on any atom is 0.274 e. The summed E-state index contributed by atoms with van der Waals surface area (Å²) in [6, 6.07) is 0. The molecule has 2 rings (SSSR count). The van der Waals surface area contributed by atoms with E-state index in [1.54, 1.807) is 11.7 Å². The lowest BCUT2D eigenvalue weighted by Gasteiger charge is -2.37. The summed E-state index contributed by atoms with van der Waals surface area (Å²) in [5.41, 5.74) is 7.67. The van der Waals surface area contributed by atoms with Gasteiger partial charge in [0.1, 0.15) is 5.69 Å². The quantitative estimate of drug-likeness (QED) is 0.833. The number of thioether (sulfide) groups is 1. The van der Waals surface area contributed by atoms with Crippen LogP contribution in [0.3, 0.4) is 0 Å². The molecule has 5 nitrogen and oxygen atoms in total. The van der Waals surface area contributed by atoms with Crippen LogP contribution in [-0.2, 0) is 7.05 Å². The van der Waals surface area contributed by atoms with Crippen molar-refractivity contribution in [1.82, 2.24) is 14.7 Å². The number of nitrogens with two attached hydrogens (primary N) is 1. The summed E-state index contributed by atoms with van der Waals surface area (Å²) in [5, 5.41) is 4.20. The molecular formula is C12H20N4OS. The van der Waals surface area contributed by atoms with Crippen molar-refractivity contribution in [3.05, 3.63) is 11.4 Å². The Hall–Kier alpha value is -1.17. The number of amides is 1. The van der Waals surface area contributed by atoms with Gasteiger partial charge < -0.3 is 10.6 Å². The van der Waals surface area contributed by atoms with Gasteiger partial charge in [-0.05, 0) is 20.8 Å². The van der Waals surface area contributed by atoms with Gasteiger partial charge in [-0.2, -0.15) is 16.9 Å². The van der Waals surface area contributed by atoms with Crippen molar-refractivity contribution in [1.29, 1.82) is 0 Å². The van der Waals surface area contributed by atoms with Gasteiger partial charge >= 0.3 is 0 Å². The standard InChI is InChI=1S/C12H20N4OS/c1-8-9(13)10(15(4)14-8)11(17)16-5-6-18-12(2,3)7-16/h5-7,13H2,1-4H3. The van der Waals surface area contributed by atoms with Crippen LogP contribution in [0.25, 0.3) is 0 Å². The molecule has 0 atom stereocenters. The van der Waals surface area contributed by atoms with Gasteiger partial charge in [-0.25, -0.2) is 0 Å². The molecule has 18 heavy (non-hydrogen) atoms. The zero-order chi connectivity index (χ0) is 13.5. The topological polar surface area (TPSA) is 64.2 Å². The fourth-order valence-electron chi connectivity index (χ4n) is 2.27. The van der Waals surface area contributed by atoms with Gasteiger partial charge in [-0.3, -0.25) is 9.48 Å². The average Bonchev–Trinajstić information content (AvgIpc) is 2.51. The van der Waals surface area contributed by atoms with E-state index in [4.69, 9.17) is 5.73 Å². The third-order valence-corrected chi connectivity index (χ3v) is 4.48. The predicted molar refractivity (Wildman–Crippen MR) is 74.8 cm³/mol. The number of rotatable bonds is 1. The van der Waals surface area contributed by atoms with Crippen LogP contribution in [0.5, 0.6) is 0 Å². The first-order valence-electron chi connectivity index (χ1n) is 6.04. The number of nitrogen functional groups attached to an aromatic ring is 1. The van der Waals surface area contributed by atoms with Crippen molar-refractivity contribution in [2.45, 2.75) is 25.5 Å². The van der Waals surface area contributed by atoms with E-state index in [0.717, 1.165) is 18.8 Å². The minimum atomic E-state index is -0.0102. The average molecular weight is 268 g/mol. The van der Waals surface area contributed by atoms with E-state index in [1.807, 2.05) is 23.6 Å². The van der Waals surface area contributed by atoms with Crippen LogP contribution in [-0.4, -0.2) is 44.2 Å². The molecule has 0 aliphatic carbocycles. The Kier molecular flexibility index (Phi) is 3.31. The molecule has 0 unspecified atom stereocenters. The fourth-order valence-corrected chi connectivity index (χ4v) is 3.38. The normalized spacial score (nSPS) is 19.0. The largest absolute Gasteiger partial charge is 0.395 e. The number of aryl methyl sites for hydroxylation is 2. The molecule has 1 aromatic heterocycles. The maximum absolute atomic E-state index is 12.5. The van der Waals surface area contributed by atoms with E-state index < -0.39 is 0 Å². The smallest absolute Gasteiger partial charge is 0.274 e. The molecule has 1 fully saturated rings. The van der Waals surface area contributed by atoms with Gasteiger partial charge in [0.25, 0.3) is 5.91 Å². The monoisotopic (exact) mass is 268 g/mol. The summed E-state index contributed by atoms with van der Waals surface area (Å²) in [6.07, 6.45) is 0. The van der Waals surface area contributed by atoms with Crippen LogP contribution in [0, 0.1) is 6.92 Å². The first-order chi connectivity index (χ1) is 8.32. The van der Waals surface area contributed by atoms with Gasteiger partial charge in [0.15, 0.2) is 0 Å². The Morgan fingerprint density at radius 1 is 1.50 bits per heavy atom. The molecule has 100 valence electrons. The lowest BCUT2D eigenvalue weighted by atomic mass is 10.1. The Labute approximate surface area is 112 Å². The van der Waals surface area contributed by atoms with E-state index in [0.29, 0.717) is 17.1 Å². The van der Waals surface area contributed by atoms with Crippen molar-refractivity contribution in [2.24, 2.45) is 7.05 Å². The van der Waals surface area contributed by atoms with E-state index in [2.05, 4.69) is 18.9 Å². The number of hydrogen-bond donors (Lipinski definition) is 1. The van der Waals surface area contributed by atoms with Crippen LogP contribution in [0.2, 0.25) is 0 Å². The Bertz CT molecular complexity index is 481. The van der Waals surface area contributed by atoms with Crippen LogP contribution in [0.4, 0.5) is 5.69 Å². The summed E-state index contributed by atoms with van der Waals surface area (Å²) < 4.78 is 1.69. The van der Waals surface area contributed by atoms with E-state index in [-0.39, 0.29) is 10.7 Å². The van der Waals surface area contributed by atoms with Gasteiger partial charge in [0.2, 0.25) is 0 Å². The summed E-state index contributed by atoms with van der Waals surface area (Å²) >= 11 is 1.90. The summed E-state index contributed by atoms with van der Waals surface area (Å²) in [4.78, 5) is 14.4. The van der Waals surface area contributed by atoms with Crippen LogP contribution < -0.4 is 5.73 Å². The predicted octanol–water partition coefficient (Wildman–Crippen LogP) is 1.28. The molecule has 0 bridgehead atoms. The highest BCUT2D eigenvalue weighted by atomic mass is 32.2. The van der Waals surface area contributed by atoms with Gasteiger partial charge in [0, 0.05) is 30.6 Å². The molecule has 0 radical (unpaired) electrons. The summed E-state index contributed by atoms with van der Waals surface area (Å²) in [5.74, 6) is 0.958. The second-order valence-corrected chi connectivity index (χ2v) is 7.11. The molecule has 0 spiro atoms. The molecule has 2 heterocycles. The summed E-state index contributed by atoms with van der Waals surface area (Å²) in [6.45, 7) is 7.67. The van der Waals surface area contributed by atoms with Crippen molar-refractivity contribution in [3.63, 3.8) is 0 Å². The molecule has 1 amide bonds. The lowest BCUT2D eigenvalue weighted by Crippen LogP contribution is -2.46. The lowest BCUT2D eigenvalue weighted by molar-refractivity contribution is 0.0738. The molecular weight excluding hydrogens is 248 g/mol. The van der Waals surface area contributed by atoms with E-state index >= 15 is 0 Å². The zero-order valence-corrected chi connectivity index (χ0v) is 12.2. The highest BCUT2D eigenvalue weighted by Crippen LogP contribution is 2.30. The third-order valence-electron chi connectivity index (χ3n) is 3.18. The van der Waals surface area contributed by atoms with E-state index in [1.165, 1.54) is 0 Å². The van der Waals surface area contributed by atoms with Crippen LogP contribution in [0.1, 0.15) is 30.0 Å². The molecule has 1 aliphatic heterocycles. The number of hydrogen-bond acceptors (Lipinski definition) is 4. The molecule has 2 N–H and O–H groups in total. The minimum Gasteiger partial charge on any atom is -0.395 e. The number of aromatic nitrogens is 2. The van der Waals surface area contributed by atoms with Gasteiger partial charge in [-0.15, -0.1) is 0 Å². The van der Waals surface area contributed by atoms with Crippen molar-refractivity contribution >= 4 is 23.4 Å². The Morgan fingerprint density at radius 3 is 2.67 bits per heavy atom. The Balaban J connectivity index is 2.26. The van der Waals surface area contributed by atoms with Gasteiger partial charge in [0.05, 0.1) is 11.4 Å². The highest BCUT2D eigenvalue weighted by molar-refractivity contribution is 8.00. The van der Waals surface area contributed by atoms with Crippen molar-refractivity contribution in [3.8, 4) is 0 Å². The zero-order valence-electron chi connectivity index (χ0n) is 11.4. The SMILES string of the molecule is Cc1nn(C)c(C(=O)N2CCSC(C)(C)C2)c1N. The second-order valence-electron chi connectivity index (χ2n) is 5.31. The number of nitrogens with zero attached hydrogens (tertiary/aromatic N) is 3. The number of carbonyl (C=O) groups is 1. The molecule has 0 aromatic carbocycles. The second kappa shape index (κ2) is 4.50. The summed E-state index contributed by atoms with van der Waals surface area (Å²) in [7, 11) is 1.76. The van der Waals surface area contributed by atoms with Gasteiger partial charge in [-0.1, -0.05) is 0 Å². The van der Waals surface area contributed by atoms with Crippen molar-refractivity contribution < 1.29 is 4.79 Å². The minimum absolute atomic E-state index is 0.0102. The fraction of sp³-hybridized carbons (Fsp3) is 0.667. The van der Waals surface area contributed by atoms with Crippen LogP contribution >= 0.6 is 11.8 Å². The molecule has 1 aliphatic rings. The maximum atomic E-state index is 12.5. The third kappa shape index (κ3) is 2.34.